The van der Waals surface area contributed by atoms with Gasteiger partial charge in [-0.15, -0.1) is 0 Å². The van der Waals surface area contributed by atoms with E-state index in [1.807, 2.05) is 24.3 Å². The Kier molecular flexibility index (Phi) is 24.5. The topological polar surface area (TPSA) is 123 Å². The van der Waals surface area contributed by atoms with Crippen molar-refractivity contribution in [1.29, 1.82) is 0 Å². The van der Waals surface area contributed by atoms with Gasteiger partial charge in [-0.2, -0.15) is 0 Å². The maximum Gasteiger partial charge on any atom is 0.407 e. The summed E-state index contributed by atoms with van der Waals surface area (Å²) in [5, 5.41) is 8.42. The molecule has 0 saturated carbocycles. The molecule has 3 rings (SSSR count). The number of alkyl carbamates (subject to hydrolysis) is 1. The van der Waals surface area contributed by atoms with Gasteiger partial charge in [-0.05, 0) is 47.4 Å². The summed E-state index contributed by atoms with van der Waals surface area (Å²) < 4.78 is 11.2. The van der Waals surface area contributed by atoms with Crippen molar-refractivity contribution in [2.45, 2.75) is 141 Å². The smallest absolute Gasteiger partial charge is 0.407 e. The van der Waals surface area contributed by atoms with Crippen LogP contribution in [0.5, 0.6) is 0 Å². The fourth-order valence-electron chi connectivity index (χ4n) is 7.06. The third-order valence-corrected chi connectivity index (χ3v) is 13.1. The van der Waals surface area contributed by atoms with Gasteiger partial charge in [0.15, 0.2) is 0 Å². The molecule has 1 unspecified atom stereocenters. The first kappa shape index (κ1) is 47.2. The summed E-state index contributed by atoms with van der Waals surface area (Å²) in [7, 11) is 4.94. The lowest BCUT2D eigenvalue weighted by Crippen LogP contribution is -2.48. The normalized spacial score (nSPS) is 13.0. The van der Waals surface area contributed by atoms with Crippen molar-refractivity contribution in [3.8, 4) is 11.1 Å². The van der Waals surface area contributed by atoms with Gasteiger partial charge in [-0.25, -0.2) is 4.79 Å². The van der Waals surface area contributed by atoms with Crippen molar-refractivity contribution in [2.75, 3.05) is 38.3 Å². The zero-order chi connectivity index (χ0) is 40.2. The highest BCUT2D eigenvalue weighted by molar-refractivity contribution is 8.76. The molecule has 2 aromatic rings. The van der Waals surface area contributed by atoms with E-state index in [0.29, 0.717) is 18.9 Å². The summed E-state index contributed by atoms with van der Waals surface area (Å²) >= 11 is 0. The molecule has 56 heavy (non-hydrogen) atoms. The quantitative estimate of drug-likeness (QED) is 0.0391. The van der Waals surface area contributed by atoms with E-state index in [1.54, 1.807) is 28.6 Å². The molecule has 0 aromatic heterocycles. The second-order valence-corrected chi connectivity index (χ2v) is 17.6. The largest absolute Gasteiger partial charge is 0.465 e. The molecule has 0 heterocycles. The van der Waals surface area contributed by atoms with Crippen LogP contribution < -0.4 is 16.0 Å². The molecule has 3 N–H and O–H groups in total. The number of ether oxygens (including phenoxy) is 2. The standard InChI is InChI=1S/C45H69N3O6S2/c1-4-6-7-8-9-10-11-12-13-14-15-22-31-55-56-34-41(44(51)47-30-21-20-23-35(5-2)32-53-43(50)29-28-42(49)46-3)48-45(52)54-33-40-38-26-18-16-24-36(38)37-25-17-19-27-39(37)40/h16-19,24-27,35,40-41H,4-15,20-23,28-34H2,1-3H3,(H,46,49)(H,47,51)(H,48,52)/t35?,41-/m0/s1. The van der Waals surface area contributed by atoms with E-state index in [1.165, 1.54) is 81.8 Å². The van der Waals surface area contributed by atoms with Crippen molar-refractivity contribution in [3.05, 3.63) is 59.7 Å². The predicted octanol–water partition coefficient (Wildman–Crippen LogP) is 10.4. The molecular weight excluding hydrogens is 743 g/mol. The van der Waals surface area contributed by atoms with Crippen molar-refractivity contribution in [1.82, 2.24) is 16.0 Å². The highest BCUT2D eigenvalue weighted by Gasteiger charge is 2.30. The number of carbonyl (C=O) groups excluding carboxylic acids is 4. The number of hydrogen-bond acceptors (Lipinski definition) is 8. The van der Waals surface area contributed by atoms with Crippen LogP contribution in [0.15, 0.2) is 48.5 Å². The van der Waals surface area contributed by atoms with Crippen LogP contribution in [-0.2, 0) is 23.9 Å². The first-order chi connectivity index (χ1) is 27.4. The molecule has 11 heteroatoms. The van der Waals surface area contributed by atoms with E-state index in [9.17, 15) is 19.2 Å². The van der Waals surface area contributed by atoms with Gasteiger partial charge >= 0.3 is 12.1 Å². The van der Waals surface area contributed by atoms with Crippen molar-refractivity contribution < 1.29 is 28.7 Å². The molecule has 9 nitrogen and oxygen atoms in total. The van der Waals surface area contributed by atoms with E-state index >= 15 is 0 Å². The van der Waals surface area contributed by atoms with Gasteiger partial charge < -0.3 is 25.4 Å². The Hall–Kier alpha value is -3.18. The number of benzene rings is 2. The second-order valence-electron chi connectivity index (χ2n) is 14.9. The molecule has 2 atom stereocenters. The van der Waals surface area contributed by atoms with Crippen LogP contribution in [0.4, 0.5) is 4.79 Å². The Bertz CT molecular complexity index is 1400. The first-order valence-electron chi connectivity index (χ1n) is 21.4. The molecule has 2 aromatic carbocycles. The summed E-state index contributed by atoms with van der Waals surface area (Å²) in [6.07, 6.45) is 18.8. The van der Waals surface area contributed by atoms with Crippen LogP contribution in [0.3, 0.4) is 0 Å². The van der Waals surface area contributed by atoms with Gasteiger partial charge in [0.1, 0.15) is 12.6 Å². The number of unbranched alkanes of at least 4 members (excludes halogenated alkanes) is 12. The molecule has 0 fully saturated rings. The molecule has 1 aliphatic rings. The lowest BCUT2D eigenvalue weighted by atomic mass is 9.98. The Morgan fingerprint density at radius 3 is 1.93 bits per heavy atom. The summed E-state index contributed by atoms with van der Waals surface area (Å²) in [6.45, 7) is 5.34. The van der Waals surface area contributed by atoms with Gasteiger partial charge in [-0.3, -0.25) is 14.4 Å². The third-order valence-electron chi connectivity index (χ3n) is 10.6. The number of fused-ring (bicyclic) bond motifs is 3. The minimum absolute atomic E-state index is 0.0565. The van der Waals surface area contributed by atoms with Gasteiger partial charge in [0.25, 0.3) is 0 Å². The molecule has 3 amide bonds. The Morgan fingerprint density at radius 2 is 1.32 bits per heavy atom. The van der Waals surface area contributed by atoms with E-state index in [-0.39, 0.29) is 49.1 Å². The number of hydrogen-bond donors (Lipinski definition) is 3. The molecule has 0 bridgehead atoms. The fourth-order valence-corrected chi connectivity index (χ4v) is 9.37. The van der Waals surface area contributed by atoms with Crippen molar-refractivity contribution in [2.24, 2.45) is 5.92 Å². The van der Waals surface area contributed by atoms with Crippen LogP contribution in [0.25, 0.3) is 11.1 Å². The fraction of sp³-hybridized carbons (Fsp3) is 0.644. The minimum atomic E-state index is -0.720. The summed E-state index contributed by atoms with van der Waals surface area (Å²) in [4.78, 5) is 50.0. The van der Waals surface area contributed by atoms with E-state index in [4.69, 9.17) is 9.47 Å². The number of amides is 3. The van der Waals surface area contributed by atoms with E-state index in [0.717, 1.165) is 49.0 Å². The van der Waals surface area contributed by atoms with Gasteiger partial charge in [0.05, 0.1) is 13.0 Å². The summed E-state index contributed by atoms with van der Waals surface area (Å²) in [6, 6.07) is 15.8. The van der Waals surface area contributed by atoms with Crippen molar-refractivity contribution >= 4 is 45.5 Å². The molecule has 1 aliphatic carbocycles. The number of carbonyl (C=O) groups is 4. The Morgan fingerprint density at radius 1 is 0.714 bits per heavy atom. The van der Waals surface area contributed by atoms with Crippen LogP contribution >= 0.6 is 21.6 Å². The highest BCUT2D eigenvalue weighted by Crippen LogP contribution is 2.44. The van der Waals surface area contributed by atoms with E-state index in [2.05, 4.69) is 54.1 Å². The summed E-state index contributed by atoms with van der Waals surface area (Å²) in [5.41, 5.74) is 4.62. The summed E-state index contributed by atoms with van der Waals surface area (Å²) in [5.74, 6) is 0.869. The maximum atomic E-state index is 13.4. The number of esters is 1. The molecule has 312 valence electrons. The molecule has 0 saturated heterocycles. The average Bonchev–Trinajstić information content (AvgIpc) is 3.54. The van der Waals surface area contributed by atoms with Crippen molar-refractivity contribution in [3.63, 3.8) is 0 Å². The minimum Gasteiger partial charge on any atom is -0.465 e. The second kappa shape index (κ2) is 29.1. The lowest BCUT2D eigenvalue weighted by Gasteiger charge is -2.20. The Balaban J connectivity index is 1.40. The highest BCUT2D eigenvalue weighted by atomic mass is 33.1. The maximum absolute atomic E-state index is 13.4. The first-order valence-corrected chi connectivity index (χ1v) is 23.9. The SMILES string of the molecule is CCCCCCCCCCCCCCSSC[C@H](NC(=O)OCC1c2ccccc2-c2ccccc21)C(=O)NCCCCC(CC)COC(=O)CCC(=O)NC. The molecule has 0 aliphatic heterocycles. The molecule has 0 radical (unpaired) electrons. The average molecular weight is 812 g/mol. The third kappa shape index (κ3) is 18.4. The predicted molar refractivity (Wildman–Crippen MR) is 233 cm³/mol. The Labute approximate surface area is 345 Å². The van der Waals surface area contributed by atoms with Crippen LogP contribution in [0.1, 0.15) is 146 Å². The van der Waals surface area contributed by atoms with Crippen LogP contribution in [-0.4, -0.2) is 68.2 Å². The van der Waals surface area contributed by atoms with E-state index < -0.39 is 12.1 Å². The van der Waals surface area contributed by atoms with Gasteiger partial charge in [0.2, 0.25) is 11.8 Å². The lowest BCUT2D eigenvalue weighted by molar-refractivity contribution is -0.146. The van der Waals surface area contributed by atoms with Gasteiger partial charge in [0, 0.05) is 37.4 Å². The molecular formula is C45H69N3O6S2. The number of rotatable bonds is 31. The zero-order valence-corrected chi connectivity index (χ0v) is 36.0. The monoisotopic (exact) mass is 811 g/mol. The molecule has 0 spiro atoms. The number of nitrogens with one attached hydrogen (secondary N) is 3. The van der Waals surface area contributed by atoms with Crippen LogP contribution in [0, 0.1) is 5.92 Å². The zero-order valence-electron chi connectivity index (χ0n) is 34.4. The van der Waals surface area contributed by atoms with Gasteiger partial charge in [-0.1, -0.05) is 167 Å². The van der Waals surface area contributed by atoms with Crippen LogP contribution in [0.2, 0.25) is 0 Å².